The van der Waals surface area contributed by atoms with Gasteiger partial charge in [-0.25, -0.2) is 0 Å². The molecular formula is C18H37IN4O. The van der Waals surface area contributed by atoms with Crippen LogP contribution in [0, 0.1) is 11.8 Å². The maximum Gasteiger partial charge on any atom is 0.191 e. The van der Waals surface area contributed by atoms with Crippen molar-refractivity contribution in [2.24, 2.45) is 16.8 Å². The van der Waals surface area contributed by atoms with Crippen LogP contribution in [0.2, 0.25) is 0 Å². The molecule has 2 N–H and O–H groups in total. The summed E-state index contributed by atoms with van der Waals surface area (Å²) in [6.07, 6.45) is 5.11. The molecule has 1 saturated heterocycles. The topological polar surface area (TPSA) is 48.9 Å². The molecule has 0 aromatic carbocycles. The van der Waals surface area contributed by atoms with Gasteiger partial charge in [0.15, 0.2) is 5.96 Å². The Balaban J connectivity index is 0.00000288. The fraction of sp³-hybridized carbons (Fsp3) is 0.944. The highest BCUT2D eigenvalue weighted by atomic mass is 127. The third-order valence-corrected chi connectivity index (χ3v) is 4.45. The number of ether oxygens (including phenoxy) is 1. The van der Waals surface area contributed by atoms with Gasteiger partial charge in [0, 0.05) is 38.8 Å². The number of hydrogen-bond acceptors (Lipinski definition) is 3. The molecular weight excluding hydrogens is 415 g/mol. The number of halogens is 1. The Morgan fingerprint density at radius 1 is 1.21 bits per heavy atom. The Kier molecular flexibility index (Phi) is 11.3. The first-order chi connectivity index (χ1) is 11.2. The summed E-state index contributed by atoms with van der Waals surface area (Å²) in [7, 11) is 0. The lowest BCUT2D eigenvalue weighted by Gasteiger charge is -2.34. The lowest BCUT2D eigenvalue weighted by molar-refractivity contribution is 0.131. The molecule has 2 fully saturated rings. The molecule has 2 aliphatic rings. The first-order valence-electron chi connectivity index (χ1n) is 9.52. The van der Waals surface area contributed by atoms with Crippen LogP contribution in [0.1, 0.15) is 46.5 Å². The molecule has 0 atom stereocenters. The highest BCUT2D eigenvalue weighted by molar-refractivity contribution is 14.0. The molecule has 24 heavy (non-hydrogen) atoms. The highest BCUT2D eigenvalue weighted by Gasteiger charge is 2.21. The number of piperidine rings is 1. The summed E-state index contributed by atoms with van der Waals surface area (Å²) in [5.74, 6) is 2.54. The zero-order valence-corrected chi connectivity index (χ0v) is 18.1. The van der Waals surface area contributed by atoms with Crippen molar-refractivity contribution in [3.8, 4) is 0 Å². The Bertz CT molecular complexity index is 353. The van der Waals surface area contributed by atoms with Gasteiger partial charge in [-0.3, -0.25) is 4.99 Å². The molecule has 1 saturated carbocycles. The zero-order chi connectivity index (χ0) is 16.5. The van der Waals surface area contributed by atoms with E-state index in [1.165, 1.54) is 45.3 Å². The Morgan fingerprint density at radius 2 is 1.92 bits per heavy atom. The first kappa shape index (κ1) is 22.0. The van der Waals surface area contributed by atoms with Crippen molar-refractivity contribution in [2.45, 2.75) is 52.5 Å². The molecule has 0 spiro atoms. The number of guanidine groups is 1. The van der Waals surface area contributed by atoms with Crippen LogP contribution in [-0.2, 0) is 4.74 Å². The summed E-state index contributed by atoms with van der Waals surface area (Å²) < 4.78 is 5.66. The van der Waals surface area contributed by atoms with E-state index in [2.05, 4.69) is 41.3 Å². The van der Waals surface area contributed by atoms with E-state index in [0.29, 0.717) is 6.04 Å². The Hall–Kier alpha value is -0.0800. The molecule has 0 amide bonds. The molecule has 1 aliphatic heterocycles. The van der Waals surface area contributed by atoms with E-state index in [0.717, 1.165) is 44.1 Å². The van der Waals surface area contributed by atoms with Crippen molar-refractivity contribution in [1.82, 2.24) is 15.5 Å². The number of rotatable bonds is 9. The zero-order valence-electron chi connectivity index (χ0n) is 15.7. The van der Waals surface area contributed by atoms with Crippen molar-refractivity contribution >= 4 is 29.9 Å². The normalized spacial score (nSPS) is 20.1. The monoisotopic (exact) mass is 452 g/mol. The number of aliphatic imine (C=N–C) groups is 1. The van der Waals surface area contributed by atoms with Crippen LogP contribution < -0.4 is 10.6 Å². The molecule has 2 rings (SSSR count). The van der Waals surface area contributed by atoms with Gasteiger partial charge in [0.2, 0.25) is 0 Å². The van der Waals surface area contributed by atoms with Gasteiger partial charge >= 0.3 is 0 Å². The predicted molar refractivity (Wildman–Crippen MR) is 112 cm³/mol. The van der Waals surface area contributed by atoms with E-state index in [9.17, 15) is 0 Å². The van der Waals surface area contributed by atoms with Crippen LogP contribution in [0.15, 0.2) is 4.99 Å². The minimum atomic E-state index is 0. The molecule has 0 aromatic heterocycles. The van der Waals surface area contributed by atoms with Gasteiger partial charge in [0.25, 0.3) is 0 Å². The third-order valence-electron chi connectivity index (χ3n) is 4.45. The minimum Gasteiger partial charge on any atom is -0.379 e. The van der Waals surface area contributed by atoms with E-state index in [-0.39, 0.29) is 24.0 Å². The van der Waals surface area contributed by atoms with Gasteiger partial charge < -0.3 is 20.3 Å². The standard InChI is InChI=1S/C18H36N4O.HI/c1-4-19-18(20-9-12-23-14-16-5-6-16)21-17-7-10-22(11-8-17)13-15(2)3;/h15-17H,4-14H2,1-3H3,(H2,19,20,21);1H. The molecule has 1 heterocycles. The summed E-state index contributed by atoms with van der Waals surface area (Å²) in [6, 6.07) is 0.545. The molecule has 0 unspecified atom stereocenters. The molecule has 142 valence electrons. The molecule has 6 heteroatoms. The van der Waals surface area contributed by atoms with Crippen LogP contribution in [0.3, 0.4) is 0 Å². The lowest BCUT2D eigenvalue weighted by atomic mass is 10.0. The quantitative estimate of drug-likeness (QED) is 0.245. The van der Waals surface area contributed by atoms with E-state index >= 15 is 0 Å². The maximum absolute atomic E-state index is 5.66. The predicted octanol–water partition coefficient (Wildman–Crippen LogP) is 2.71. The molecule has 1 aliphatic carbocycles. The largest absolute Gasteiger partial charge is 0.379 e. The average Bonchev–Trinajstić information content (AvgIpc) is 3.33. The van der Waals surface area contributed by atoms with Gasteiger partial charge in [-0.05, 0) is 44.4 Å². The van der Waals surface area contributed by atoms with Crippen molar-refractivity contribution in [3.63, 3.8) is 0 Å². The smallest absolute Gasteiger partial charge is 0.191 e. The first-order valence-corrected chi connectivity index (χ1v) is 9.52. The van der Waals surface area contributed by atoms with Gasteiger partial charge in [0.1, 0.15) is 0 Å². The SMILES string of the molecule is CCNC(=NCCOCC1CC1)NC1CCN(CC(C)C)CC1.I. The summed E-state index contributed by atoms with van der Waals surface area (Å²) >= 11 is 0. The van der Waals surface area contributed by atoms with Crippen LogP contribution >= 0.6 is 24.0 Å². The van der Waals surface area contributed by atoms with Gasteiger partial charge in [-0.15, -0.1) is 24.0 Å². The van der Waals surface area contributed by atoms with Crippen molar-refractivity contribution in [2.75, 3.05) is 45.9 Å². The average molecular weight is 452 g/mol. The summed E-state index contributed by atoms with van der Waals surface area (Å²) in [6.45, 7) is 13.6. The third kappa shape index (κ3) is 9.42. The Morgan fingerprint density at radius 3 is 2.50 bits per heavy atom. The number of likely N-dealkylation sites (tertiary alicyclic amines) is 1. The van der Waals surface area contributed by atoms with Gasteiger partial charge in [-0.1, -0.05) is 13.8 Å². The van der Waals surface area contributed by atoms with Crippen LogP contribution in [0.25, 0.3) is 0 Å². The second kappa shape index (κ2) is 12.3. The highest BCUT2D eigenvalue weighted by Crippen LogP contribution is 2.28. The van der Waals surface area contributed by atoms with E-state index in [1.54, 1.807) is 0 Å². The van der Waals surface area contributed by atoms with Crippen molar-refractivity contribution in [1.29, 1.82) is 0 Å². The molecule has 0 aromatic rings. The van der Waals surface area contributed by atoms with E-state index < -0.39 is 0 Å². The fourth-order valence-electron chi connectivity index (χ4n) is 3.05. The van der Waals surface area contributed by atoms with Gasteiger partial charge in [0.05, 0.1) is 13.2 Å². The molecule has 0 bridgehead atoms. The van der Waals surface area contributed by atoms with Crippen LogP contribution in [0.4, 0.5) is 0 Å². The minimum absolute atomic E-state index is 0. The van der Waals surface area contributed by atoms with Crippen molar-refractivity contribution < 1.29 is 4.74 Å². The number of nitrogens with zero attached hydrogens (tertiary/aromatic N) is 2. The van der Waals surface area contributed by atoms with Crippen LogP contribution in [-0.4, -0.2) is 62.8 Å². The summed E-state index contributed by atoms with van der Waals surface area (Å²) in [5.41, 5.74) is 0. The summed E-state index contributed by atoms with van der Waals surface area (Å²) in [5, 5.41) is 6.95. The van der Waals surface area contributed by atoms with Gasteiger partial charge in [-0.2, -0.15) is 0 Å². The fourth-order valence-corrected chi connectivity index (χ4v) is 3.05. The van der Waals surface area contributed by atoms with Crippen LogP contribution in [0.5, 0.6) is 0 Å². The lowest BCUT2D eigenvalue weighted by Crippen LogP contribution is -2.49. The number of hydrogen-bond donors (Lipinski definition) is 2. The second-order valence-electron chi connectivity index (χ2n) is 7.39. The van der Waals surface area contributed by atoms with E-state index in [1.807, 2.05) is 0 Å². The Labute approximate surface area is 165 Å². The van der Waals surface area contributed by atoms with Crippen molar-refractivity contribution in [3.05, 3.63) is 0 Å². The maximum atomic E-state index is 5.66. The second-order valence-corrected chi connectivity index (χ2v) is 7.39. The summed E-state index contributed by atoms with van der Waals surface area (Å²) in [4.78, 5) is 7.23. The molecule has 5 nitrogen and oxygen atoms in total. The molecule has 0 radical (unpaired) electrons. The number of nitrogens with one attached hydrogen (secondary N) is 2. The van der Waals surface area contributed by atoms with E-state index in [4.69, 9.17) is 4.74 Å².